The first-order chi connectivity index (χ1) is 13.6. The average molecular weight is 401 g/mol. The second kappa shape index (κ2) is 10.3. The van der Waals surface area contributed by atoms with Crippen LogP contribution < -0.4 is 5.19 Å². The lowest BCUT2D eigenvalue weighted by molar-refractivity contribution is 0.418. The van der Waals surface area contributed by atoms with Crippen LogP contribution in [-0.4, -0.2) is 8.80 Å². The fraction of sp³-hybridized carbons (Fsp3) is 0.520. The van der Waals surface area contributed by atoms with Crippen molar-refractivity contribution in [2.24, 2.45) is 5.92 Å². The number of hydrogen-bond acceptors (Lipinski definition) is 0. The van der Waals surface area contributed by atoms with E-state index in [0.29, 0.717) is 11.1 Å². The molecule has 0 atom stereocenters. The van der Waals surface area contributed by atoms with Gasteiger partial charge in [-0.15, -0.1) is 0 Å². The largest absolute Gasteiger partial charge is 0.206 e. The molecule has 1 heterocycles. The highest BCUT2D eigenvalue weighted by Crippen LogP contribution is 2.31. The van der Waals surface area contributed by atoms with Crippen LogP contribution in [0.25, 0.3) is 11.1 Å². The normalized spacial score (nSPS) is 19.7. The molecule has 0 N–H and O–H groups in total. The number of halogens is 2. The minimum absolute atomic E-state index is 0.266. The van der Waals surface area contributed by atoms with Crippen LogP contribution in [0.15, 0.2) is 36.4 Å². The van der Waals surface area contributed by atoms with Crippen molar-refractivity contribution in [2.75, 3.05) is 0 Å². The number of hydrogen-bond donors (Lipinski definition) is 0. The van der Waals surface area contributed by atoms with Gasteiger partial charge < -0.3 is 0 Å². The zero-order valence-corrected chi connectivity index (χ0v) is 18.6. The lowest BCUT2D eigenvalue weighted by Crippen LogP contribution is -2.34. The summed E-state index contributed by atoms with van der Waals surface area (Å²) >= 11 is 0. The molecule has 0 bridgehead atoms. The lowest BCUT2D eigenvalue weighted by atomic mass is 9.96. The topological polar surface area (TPSA) is 0 Å². The molecule has 0 nitrogen and oxygen atoms in total. The van der Waals surface area contributed by atoms with Crippen molar-refractivity contribution in [1.29, 1.82) is 0 Å². The minimum atomic E-state index is -1.07. The van der Waals surface area contributed by atoms with E-state index < -0.39 is 8.80 Å². The van der Waals surface area contributed by atoms with Crippen LogP contribution in [0, 0.1) is 17.6 Å². The first-order valence-electron chi connectivity index (χ1n) is 11.2. The lowest BCUT2D eigenvalue weighted by Gasteiger charge is -2.28. The molecule has 0 spiro atoms. The molecule has 0 aliphatic carbocycles. The Balaban J connectivity index is 1.66. The quantitative estimate of drug-likeness (QED) is 0.330. The first-order valence-corrected chi connectivity index (χ1v) is 13.4. The summed E-state index contributed by atoms with van der Waals surface area (Å²) in [4.78, 5) is 0. The molecule has 0 amide bonds. The molecule has 1 aliphatic rings. The van der Waals surface area contributed by atoms with Crippen LogP contribution in [-0.2, 0) is 6.42 Å². The zero-order chi connectivity index (χ0) is 19.9. The summed E-state index contributed by atoms with van der Waals surface area (Å²) in [6.07, 6.45) is 9.83. The number of aryl methyl sites for hydroxylation is 1. The highest BCUT2D eigenvalue weighted by molar-refractivity contribution is 6.73. The van der Waals surface area contributed by atoms with E-state index in [1.165, 1.54) is 55.8 Å². The van der Waals surface area contributed by atoms with Crippen molar-refractivity contribution >= 4 is 14.0 Å². The van der Waals surface area contributed by atoms with E-state index in [9.17, 15) is 8.78 Å². The predicted octanol–water partition coefficient (Wildman–Crippen LogP) is 7.01. The SMILES string of the molecule is CCCCCC1CC[SiH](c2ccc(-c3ccc(CCC)cc3F)c(F)c2)CC1. The summed E-state index contributed by atoms with van der Waals surface area (Å²) in [5, 5.41) is 1.22. The van der Waals surface area contributed by atoms with E-state index in [2.05, 4.69) is 19.9 Å². The Bertz CT molecular complexity index is 763. The van der Waals surface area contributed by atoms with Gasteiger partial charge in [-0.1, -0.05) is 100 Å². The summed E-state index contributed by atoms with van der Waals surface area (Å²) in [7, 11) is -1.07. The maximum Gasteiger partial charge on any atom is 0.131 e. The summed E-state index contributed by atoms with van der Waals surface area (Å²) < 4.78 is 29.4. The van der Waals surface area contributed by atoms with Crippen molar-refractivity contribution < 1.29 is 8.78 Å². The summed E-state index contributed by atoms with van der Waals surface area (Å²) in [6, 6.07) is 13.4. The van der Waals surface area contributed by atoms with Crippen LogP contribution in [0.3, 0.4) is 0 Å². The monoisotopic (exact) mass is 400 g/mol. The van der Waals surface area contributed by atoms with Gasteiger partial charge >= 0.3 is 0 Å². The molecule has 3 rings (SSSR count). The standard InChI is InChI=1S/C25H34F2Si/c1-3-5-6-8-19-13-15-28(16-14-19)21-10-12-23(25(27)18-21)22-11-9-20(7-4-2)17-24(22)26/h9-12,17-19,28H,3-8,13-16H2,1-2H3. The van der Waals surface area contributed by atoms with Gasteiger partial charge in [0, 0.05) is 11.1 Å². The molecular weight excluding hydrogens is 366 g/mol. The minimum Gasteiger partial charge on any atom is -0.206 e. The molecule has 3 heteroatoms. The van der Waals surface area contributed by atoms with Crippen molar-refractivity contribution in [1.82, 2.24) is 0 Å². The van der Waals surface area contributed by atoms with E-state index in [4.69, 9.17) is 0 Å². The molecule has 0 saturated carbocycles. The van der Waals surface area contributed by atoms with Gasteiger partial charge in [-0.2, -0.15) is 0 Å². The summed E-state index contributed by atoms with van der Waals surface area (Å²) in [6.45, 7) is 4.33. The predicted molar refractivity (Wildman–Crippen MR) is 119 cm³/mol. The van der Waals surface area contributed by atoms with Gasteiger partial charge in [0.15, 0.2) is 0 Å². The third kappa shape index (κ3) is 5.31. The Morgan fingerprint density at radius 2 is 1.54 bits per heavy atom. The number of rotatable bonds is 8. The average Bonchev–Trinajstić information content (AvgIpc) is 2.70. The molecule has 1 fully saturated rings. The Labute approximate surface area is 171 Å². The molecule has 0 radical (unpaired) electrons. The van der Waals surface area contributed by atoms with E-state index in [-0.39, 0.29) is 11.6 Å². The molecule has 0 unspecified atom stereocenters. The Kier molecular flexibility index (Phi) is 7.84. The van der Waals surface area contributed by atoms with Crippen LogP contribution in [0.1, 0.15) is 64.4 Å². The summed E-state index contributed by atoms with van der Waals surface area (Å²) in [5.41, 5.74) is 1.75. The molecule has 0 aromatic heterocycles. The van der Waals surface area contributed by atoms with Crippen molar-refractivity contribution in [3.05, 3.63) is 53.6 Å². The Hall–Kier alpha value is -1.48. The van der Waals surface area contributed by atoms with E-state index in [0.717, 1.165) is 24.3 Å². The highest BCUT2D eigenvalue weighted by Gasteiger charge is 2.24. The highest BCUT2D eigenvalue weighted by atomic mass is 28.3. The van der Waals surface area contributed by atoms with Crippen molar-refractivity contribution in [2.45, 2.75) is 77.3 Å². The molecule has 2 aromatic carbocycles. The van der Waals surface area contributed by atoms with Crippen LogP contribution >= 0.6 is 0 Å². The maximum absolute atomic E-state index is 14.9. The van der Waals surface area contributed by atoms with Crippen LogP contribution in [0.5, 0.6) is 0 Å². The first kappa shape index (κ1) is 21.2. The second-order valence-electron chi connectivity index (χ2n) is 8.52. The molecular formula is C25H34F2Si. The van der Waals surface area contributed by atoms with Crippen molar-refractivity contribution in [3.63, 3.8) is 0 Å². The van der Waals surface area contributed by atoms with Gasteiger partial charge in [-0.3, -0.25) is 0 Å². The number of benzene rings is 2. The van der Waals surface area contributed by atoms with Gasteiger partial charge in [-0.25, -0.2) is 8.78 Å². The smallest absolute Gasteiger partial charge is 0.131 e. The Morgan fingerprint density at radius 3 is 2.14 bits per heavy atom. The van der Waals surface area contributed by atoms with E-state index in [1.54, 1.807) is 18.2 Å². The second-order valence-corrected chi connectivity index (χ2v) is 11.7. The Morgan fingerprint density at radius 1 is 0.857 bits per heavy atom. The molecule has 152 valence electrons. The fourth-order valence-electron chi connectivity index (χ4n) is 4.69. The molecule has 28 heavy (non-hydrogen) atoms. The van der Waals surface area contributed by atoms with Crippen LogP contribution in [0.4, 0.5) is 8.78 Å². The van der Waals surface area contributed by atoms with Gasteiger partial charge in [0.25, 0.3) is 0 Å². The third-order valence-electron chi connectivity index (χ3n) is 6.39. The van der Waals surface area contributed by atoms with Crippen molar-refractivity contribution in [3.8, 4) is 11.1 Å². The molecule has 2 aromatic rings. The maximum atomic E-state index is 14.9. The van der Waals surface area contributed by atoms with Gasteiger partial charge in [0.1, 0.15) is 11.6 Å². The van der Waals surface area contributed by atoms with Gasteiger partial charge in [0.05, 0.1) is 8.80 Å². The summed E-state index contributed by atoms with van der Waals surface area (Å²) in [5.74, 6) is 0.301. The van der Waals surface area contributed by atoms with Crippen LogP contribution in [0.2, 0.25) is 12.1 Å². The molecule has 1 saturated heterocycles. The van der Waals surface area contributed by atoms with E-state index in [1.807, 2.05) is 12.1 Å². The van der Waals surface area contributed by atoms with Gasteiger partial charge in [-0.05, 0) is 30.0 Å². The third-order valence-corrected chi connectivity index (χ3v) is 9.75. The van der Waals surface area contributed by atoms with Gasteiger partial charge in [0.2, 0.25) is 0 Å². The molecule has 1 aliphatic heterocycles. The fourth-order valence-corrected chi connectivity index (χ4v) is 8.15. The number of unbranched alkanes of at least 4 members (excludes halogenated alkanes) is 2. The van der Waals surface area contributed by atoms with E-state index >= 15 is 0 Å². The zero-order valence-electron chi connectivity index (χ0n) is 17.4.